The van der Waals surface area contributed by atoms with Crippen LogP contribution in [0.15, 0.2) is 18.3 Å². The average Bonchev–Trinajstić information content (AvgIpc) is 2.66. The molecule has 7 heteroatoms. The third-order valence-corrected chi connectivity index (χ3v) is 4.95. The lowest BCUT2D eigenvalue weighted by Crippen LogP contribution is -2.41. The molecule has 3 amide bonds. The van der Waals surface area contributed by atoms with Crippen molar-refractivity contribution in [2.24, 2.45) is 5.92 Å². The number of rotatable bonds is 1. The number of imide groups is 1. The molecule has 1 aromatic heterocycles. The number of amides is 3. The van der Waals surface area contributed by atoms with Crippen LogP contribution >= 0.6 is 0 Å². The summed E-state index contributed by atoms with van der Waals surface area (Å²) in [7, 11) is 0. The van der Waals surface area contributed by atoms with E-state index in [1.807, 2.05) is 26.8 Å². The Morgan fingerprint density at radius 2 is 1.93 bits per heavy atom. The molecule has 29 heavy (non-hydrogen) atoms. The summed E-state index contributed by atoms with van der Waals surface area (Å²) in [5.41, 5.74) is 0.961. The van der Waals surface area contributed by atoms with E-state index in [1.54, 1.807) is 17.2 Å². The second-order valence-corrected chi connectivity index (χ2v) is 8.49. The number of aromatic nitrogens is 1. The van der Waals surface area contributed by atoms with E-state index in [-0.39, 0.29) is 29.7 Å². The van der Waals surface area contributed by atoms with Gasteiger partial charge in [0.25, 0.3) is 0 Å². The van der Waals surface area contributed by atoms with Crippen molar-refractivity contribution in [3.8, 4) is 11.8 Å². The zero-order valence-corrected chi connectivity index (χ0v) is 17.2. The Morgan fingerprint density at radius 1 is 1.21 bits per heavy atom. The van der Waals surface area contributed by atoms with Crippen LogP contribution in [0.25, 0.3) is 0 Å². The van der Waals surface area contributed by atoms with Crippen molar-refractivity contribution in [3.63, 3.8) is 0 Å². The molecule has 0 spiro atoms. The van der Waals surface area contributed by atoms with Gasteiger partial charge in [0.05, 0.1) is 11.6 Å². The molecule has 0 bridgehead atoms. The number of nitrogens with one attached hydrogen (secondary N) is 1. The van der Waals surface area contributed by atoms with Crippen molar-refractivity contribution >= 4 is 17.9 Å². The van der Waals surface area contributed by atoms with Crippen molar-refractivity contribution < 1.29 is 19.1 Å². The van der Waals surface area contributed by atoms with E-state index in [9.17, 15) is 14.4 Å². The van der Waals surface area contributed by atoms with E-state index in [2.05, 4.69) is 22.1 Å². The molecule has 2 aliphatic rings. The van der Waals surface area contributed by atoms with Crippen LogP contribution in [0.2, 0.25) is 0 Å². The summed E-state index contributed by atoms with van der Waals surface area (Å²) >= 11 is 0. The van der Waals surface area contributed by atoms with Crippen molar-refractivity contribution in [2.45, 2.75) is 58.0 Å². The average molecular weight is 397 g/mol. The minimum atomic E-state index is -0.485. The molecule has 3 heterocycles. The van der Waals surface area contributed by atoms with Crippen LogP contribution in [0.3, 0.4) is 0 Å². The highest BCUT2D eigenvalue weighted by Crippen LogP contribution is 2.23. The minimum Gasteiger partial charge on any atom is -0.444 e. The zero-order chi connectivity index (χ0) is 21.0. The topological polar surface area (TPSA) is 88.6 Å². The van der Waals surface area contributed by atoms with E-state index in [0.717, 1.165) is 18.4 Å². The summed E-state index contributed by atoms with van der Waals surface area (Å²) in [5, 5.41) is 2.35. The molecule has 0 radical (unpaired) electrons. The van der Waals surface area contributed by atoms with Crippen molar-refractivity contribution in [1.82, 2.24) is 15.2 Å². The van der Waals surface area contributed by atoms with Gasteiger partial charge in [0.1, 0.15) is 5.60 Å². The highest BCUT2D eigenvalue weighted by molar-refractivity contribution is 6.00. The first-order chi connectivity index (χ1) is 13.7. The Kier molecular flexibility index (Phi) is 6.21. The molecule has 1 N–H and O–H groups in total. The molecule has 3 rings (SSSR count). The van der Waals surface area contributed by atoms with E-state index in [4.69, 9.17) is 4.74 Å². The first-order valence-corrected chi connectivity index (χ1v) is 10.0. The Balaban J connectivity index is 1.53. The number of ether oxygens (including phenoxy) is 1. The molecule has 7 nitrogen and oxygen atoms in total. The molecule has 154 valence electrons. The van der Waals surface area contributed by atoms with Gasteiger partial charge in [-0.2, -0.15) is 0 Å². The molecule has 1 aromatic rings. The lowest BCUT2D eigenvalue weighted by atomic mass is 9.94. The summed E-state index contributed by atoms with van der Waals surface area (Å²) < 4.78 is 5.41. The molecule has 0 aliphatic carbocycles. The van der Waals surface area contributed by atoms with E-state index >= 15 is 0 Å². The number of piperidine rings is 2. The molecule has 1 atom stereocenters. The fourth-order valence-electron chi connectivity index (χ4n) is 3.38. The Hall–Kier alpha value is -2.88. The number of carbonyl (C=O) groups excluding carboxylic acids is 3. The first-order valence-electron chi connectivity index (χ1n) is 10.0. The number of likely N-dealkylation sites (tertiary alicyclic amines) is 1. The molecule has 1 unspecified atom stereocenters. The van der Waals surface area contributed by atoms with E-state index in [1.165, 1.54) is 0 Å². The van der Waals surface area contributed by atoms with Gasteiger partial charge < -0.3 is 9.64 Å². The smallest absolute Gasteiger partial charge is 0.410 e. The van der Waals surface area contributed by atoms with Crippen LogP contribution in [0, 0.1) is 17.8 Å². The van der Waals surface area contributed by atoms with Gasteiger partial charge in [0, 0.05) is 37.2 Å². The second-order valence-electron chi connectivity index (χ2n) is 8.49. The number of carbonyl (C=O) groups is 3. The molecule has 0 aromatic carbocycles. The summed E-state index contributed by atoms with van der Waals surface area (Å²) in [6.07, 6.45) is 3.85. The summed E-state index contributed by atoms with van der Waals surface area (Å²) in [6, 6.07) is 3.66. The standard InChI is InChI=1S/C22H27N3O4/c1-22(2,3)29-21(28)25-12-10-15(11-13-25)4-5-16-6-8-18(23-14-16)17-7-9-19(26)24-20(17)27/h6,8,14-15,17H,7,9-13H2,1-3H3,(H,24,26,27). The molecule has 2 fully saturated rings. The lowest BCUT2D eigenvalue weighted by Gasteiger charge is -2.31. The third kappa shape index (κ3) is 5.80. The number of nitrogens with zero attached hydrogens (tertiary/aromatic N) is 2. The van der Waals surface area contributed by atoms with Gasteiger partial charge >= 0.3 is 6.09 Å². The molecule has 0 saturated carbocycles. The third-order valence-electron chi connectivity index (χ3n) is 4.95. The SMILES string of the molecule is CC(C)(C)OC(=O)N1CCC(C#Cc2ccc(C3CCC(=O)NC3=O)nc2)CC1. The molecule has 2 aliphatic heterocycles. The summed E-state index contributed by atoms with van der Waals surface area (Å²) in [6.45, 7) is 6.87. The van der Waals surface area contributed by atoms with Crippen LogP contribution in [-0.2, 0) is 14.3 Å². The van der Waals surface area contributed by atoms with Gasteiger partial charge in [-0.3, -0.25) is 19.9 Å². The predicted octanol–water partition coefficient (Wildman–Crippen LogP) is 2.60. The maximum atomic E-state index is 12.1. The van der Waals surface area contributed by atoms with E-state index in [0.29, 0.717) is 31.6 Å². The molecular weight excluding hydrogens is 370 g/mol. The molecular formula is C22H27N3O4. The van der Waals surface area contributed by atoms with Crippen LogP contribution < -0.4 is 5.32 Å². The highest BCUT2D eigenvalue weighted by Gasteiger charge is 2.29. The maximum Gasteiger partial charge on any atom is 0.410 e. The highest BCUT2D eigenvalue weighted by atomic mass is 16.6. The lowest BCUT2D eigenvalue weighted by molar-refractivity contribution is -0.134. The van der Waals surface area contributed by atoms with Crippen LogP contribution in [-0.4, -0.2) is 46.5 Å². The minimum absolute atomic E-state index is 0.225. The number of hydrogen-bond acceptors (Lipinski definition) is 5. The fraction of sp³-hybridized carbons (Fsp3) is 0.545. The fourth-order valence-corrected chi connectivity index (χ4v) is 3.38. The predicted molar refractivity (Wildman–Crippen MR) is 107 cm³/mol. The van der Waals surface area contributed by atoms with E-state index < -0.39 is 5.60 Å². The van der Waals surface area contributed by atoms with Crippen LogP contribution in [0.4, 0.5) is 4.79 Å². The second kappa shape index (κ2) is 8.64. The molecule has 2 saturated heterocycles. The van der Waals surface area contributed by atoms with Gasteiger partial charge in [0.2, 0.25) is 11.8 Å². The van der Waals surface area contributed by atoms with Gasteiger partial charge in [0.15, 0.2) is 0 Å². The van der Waals surface area contributed by atoms with Crippen molar-refractivity contribution in [1.29, 1.82) is 0 Å². The summed E-state index contributed by atoms with van der Waals surface area (Å²) in [4.78, 5) is 41.4. The summed E-state index contributed by atoms with van der Waals surface area (Å²) in [5.74, 6) is 5.73. The van der Waals surface area contributed by atoms with Gasteiger partial charge in [-0.25, -0.2) is 4.79 Å². The van der Waals surface area contributed by atoms with Gasteiger partial charge in [-0.1, -0.05) is 11.8 Å². The van der Waals surface area contributed by atoms with Crippen molar-refractivity contribution in [3.05, 3.63) is 29.6 Å². The largest absolute Gasteiger partial charge is 0.444 e. The Labute approximate surface area is 171 Å². The quantitative estimate of drug-likeness (QED) is 0.581. The number of pyridine rings is 1. The maximum absolute atomic E-state index is 12.1. The van der Waals surface area contributed by atoms with Crippen LogP contribution in [0.1, 0.15) is 63.6 Å². The first kappa shape index (κ1) is 20.8. The normalized spacial score (nSPS) is 20.5. The van der Waals surface area contributed by atoms with Gasteiger partial charge in [-0.05, 0) is 52.2 Å². The Morgan fingerprint density at radius 3 is 2.52 bits per heavy atom. The van der Waals surface area contributed by atoms with Gasteiger partial charge in [-0.15, -0.1) is 0 Å². The number of hydrogen-bond donors (Lipinski definition) is 1. The zero-order valence-electron chi connectivity index (χ0n) is 17.2. The van der Waals surface area contributed by atoms with Crippen molar-refractivity contribution in [2.75, 3.05) is 13.1 Å². The monoisotopic (exact) mass is 397 g/mol. The van der Waals surface area contributed by atoms with Crippen LogP contribution in [0.5, 0.6) is 0 Å². The Bertz CT molecular complexity index is 838.